The number of piperidine rings is 2. The summed E-state index contributed by atoms with van der Waals surface area (Å²) in [6.07, 6.45) is 3.51. The lowest BCUT2D eigenvalue weighted by atomic mass is 9.93. The van der Waals surface area contributed by atoms with Gasteiger partial charge in [-0.25, -0.2) is 14.6 Å². The van der Waals surface area contributed by atoms with E-state index in [0.717, 1.165) is 80.8 Å². The second kappa shape index (κ2) is 18.8. The normalized spacial score (nSPS) is 17.6. The topological polar surface area (TPSA) is 137 Å². The highest BCUT2D eigenvalue weighted by Gasteiger charge is 2.31. The zero-order valence-corrected chi connectivity index (χ0v) is 30.2. The molecule has 2 fully saturated rings. The molecule has 2 aliphatic rings. The van der Waals surface area contributed by atoms with Crippen LogP contribution in [0.25, 0.3) is 11.0 Å². The van der Waals surface area contributed by atoms with E-state index in [1.807, 2.05) is 42.5 Å². The highest BCUT2D eigenvalue weighted by molar-refractivity contribution is 5.77. The first kappa shape index (κ1) is 37.2. The van der Waals surface area contributed by atoms with Crippen molar-refractivity contribution < 1.29 is 19.8 Å². The van der Waals surface area contributed by atoms with Crippen molar-refractivity contribution >= 4 is 34.9 Å². The van der Waals surface area contributed by atoms with Gasteiger partial charge in [-0.15, -0.1) is 0 Å². The van der Waals surface area contributed by atoms with Crippen LogP contribution in [0.3, 0.4) is 0 Å². The molecule has 0 saturated carbocycles. The molecule has 53 heavy (non-hydrogen) atoms. The number of aromatic nitrogens is 2. The van der Waals surface area contributed by atoms with Gasteiger partial charge in [0.05, 0.1) is 11.0 Å². The number of rotatable bonds is 12. The van der Waals surface area contributed by atoms with Crippen molar-refractivity contribution in [2.75, 3.05) is 36.8 Å². The summed E-state index contributed by atoms with van der Waals surface area (Å²) in [6.45, 7) is 4.45. The van der Waals surface area contributed by atoms with Crippen molar-refractivity contribution in [3.8, 4) is 0 Å². The summed E-state index contributed by atoms with van der Waals surface area (Å²) in [5, 5.41) is 25.6. The predicted octanol–water partition coefficient (Wildman–Crippen LogP) is 8.21. The third kappa shape index (κ3) is 11.2. The minimum atomic E-state index is -0.831. The van der Waals surface area contributed by atoms with Gasteiger partial charge in [-0.2, -0.15) is 0 Å². The number of carboxylic acid groups (broad SMARTS) is 2. The number of nitrogens with zero attached hydrogens (tertiary/aromatic N) is 4. The second-order valence-electron chi connectivity index (χ2n) is 14.0. The summed E-state index contributed by atoms with van der Waals surface area (Å²) >= 11 is 0. The summed E-state index contributed by atoms with van der Waals surface area (Å²) < 4.78 is 0. The van der Waals surface area contributed by atoms with E-state index < -0.39 is 12.2 Å². The molecule has 11 nitrogen and oxygen atoms in total. The van der Waals surface area contributed by atoms with E-state index in [0.29, 0.717) is 25.7 Å². The lowest BCUT2D eigenvalue weighted by Crippen LogP contribution is -2.49. The Morgan fingerprint density at radius 2 is 1.30 bits per heavy atom. The number of amides is 2. The quantitative estimate of drug-likeness (QED) is 0.0871. The van der Waals surface area contributed by atoms with Crippen molar-refractivity contribution in [1.29, 1.82) is 0 Å². The highest BCUT2D eigenvalue weighted by atomic mass is 16.4. The van der Waals surface area contributed by atoms with E-state index >= 15 is 0 Å². The lowest BCUT2D eigenvalue weighted by molar-refractivity contribution is 0.0972. The highest BCUT2D eigenvalue weighted by Crippen LogP contribution is 2.25. The van der Waals surface area contributed by atoms with Crippen LogP contribution in [0.1, 0.15) is 49.7 Å². The zero-order valence-electron chi connectivity index (χ0n) is 30.2. The molecular formula is C42H51N7O4. The van der Waals surface area contributed by atoms with Crippen LogP contribution in [-0.4, -0.2) is 91.4 Å². The molecule has 0 bridgehead atoms. The van der Waals surface area contributed by atoms with Gasteiger partial charge in [-0.1, -0.05) is 91.0 Å². The Hall–Kier alpha value is -5.55. The predicted molar refractivity (Wildman–Crippen MR) is 210 cm³/mol. The summed E-state index contributed by atoms with van der Waals surface area (Å²) in [6, 6.07) is 39.8. The average Bonchev–Trinajstić information content (AvgIpc) is 3.59. The van der Waals surface area contributed by atoms with Crippen LogP contribution in [-0.2, 0) is 13.1 Å². The number of benzene rings is 4. The van der Waals surface area contributed by atoms with Gasteiger partial charge in [0.2, 0.25) is 5.95 Å². The molecular weight excluding hydrogens is 667 g/mol. The standard InChI is InChI=1S/C29H35N3O2.C13H16N4O2/c33-29(34)32-20-18-27(30-26-15-8-3-9-16-26)21-28(32)17-10-19-31(22-24-11-4-1-5-12-24)23-25-13-6-2-7-14-25;18-13(19)17-7-5-9(6-8-17)14-12-15-10-3-1-2-4-11(10)16-12/h1-9,11-16,27-28,30H,10,17-23H2,(H,33,34);1-4,9H,5-8H2,(H,18,19)(H2,14,15,16)/t27?,28-;/m0./s1. The number of para-hydroxylation sites is 3. The molecule has 1 unspecified atom stereocenters. The molecule has 2 saturated heterocycles. The maximum atomic E-state index is 11.9. The van der Waals surface area contributed by atoms with Crippen LogP contribution in [0.5, 0.6) is 0 Å². The van der Waals surface area contributed by atoms with E-state index in [4.69, 9.17) is 5.11 Å². The van der Waals surface area contributed by atoms with Gasteiger partial charge < -0.3 is 35.6 Å². The Labute approximate surface area is 311 Å². The van der Waals surface area contributed by atoms with E-state index in [1.165, 1.54) is 16.0 Å². The van der Waals surface area contributed by atoms with Crippen molar-refractivity contribution in [1.82, 2.24) is 24.7 Å². The molecule has 0 radical (unpaired) electrons. The maximum Gasteiger partial charge on any atom is 0.407 e. The number of hydrogen-bond donors (Lipinski definition) is 5. The Morgan fingerprint density at radius 1 is 0.717 bits per heavy atom. The molecule has 4 aromatic carbocycles. The number of anilines is 2. The Bertz CT molecular complexity index is 1770. The Balaban J connectivity index is 0.000000213. The molecule has 2 atom stereocenters. The van der Waals surface area contributed by atoms with Gasteiger partial charge in [0.25, 0.3) is 0 Å². The fraction of sp³-hybridized carbons (Fsp3) is 0.357. The fourth-order valence-corrected chi connectivity index (χ4v) is 7.36. The second-order valence-corrected chi connectivity index (χ2v) is 14.0. The molecule has 2 amide bonds. The first-order chi connectivity index (χ1) is 25.9. The fourth-order valence-electron chi connectivity index (χ4n) is 7.36. The van der Waals surface area contributed by atoms with Gasteiger partial charge in [0, 0.05) is 56.5 Å². The molecule has 0 aliphatic carbocycles. The van der Waals surface area contributed by atoms with Gasteiger partial charge in [0.15, 0.2) is 0 Å². The number of fused-ring (bicyclic) bond motifs is 1. The van der Waals surface area contributed by atoms with E-state index in [9.17, 15) is 14.7 Å². The third-order valence-corrected chi connectivity index (χ3v) is 10.1. The van der Waals surface area contributed by atoms with E-state index in [-0.39, 0.29) is 12.1 Å². The van der Waals surface area contributed by atoms with Gasteiger partial charge in [-0.05, 0) is 80.5 Å². The summed E-state index contributed by atoms with van der Waals surface area (Å²) in [4.78, 5) is 36.0. The van der Waals surface area contributed by atoms with Gasteiger partial charge >= 0.3 is 12.2 Å². The number of carbonyl (C=O) groups is 2. The molecule has 0 spiro atoms. The molecule has 1 aromatic heterocycles. The Morgan fingerprint density at radius 3 is 1.91 bits per heavy atom. The molecule has 11 heteroatoms. The van der Waals surface area contributed by atoms with Gasteiger partial charge in [0.1, 0.15) is 0 Å². The molecule has 5 N–H and O–H groups in total. The van der Waals surface area contributed by atoms with E-state index in [1.54, 1.807) is 4.90 Å². The first-order valence-corrected chi connectivity index (χ1v) is 18.7. The van der Waals surface area contributed by atoms with Crippen LogP contribution in [0, 0.1) is 0 Å². The smallest absolute Gasteiger partial charge is 0.407 e. The van der Waals surface area contributed by atoms with E-state index in [2.05, 4.69) is 98.3 Å². The first-order valence-electron chi connectivity index (χ1n) is 18.7. The number of hydrogen-bond acceptors (Lipinski definition) is 6. The Kier molecular flexibility index (Phi) is 13.2. The van der Waals surface area contributed by atoms with Gasteiger partial charge in [-0.3, -0.25) is 4.90 Å². The number of likely N-dealkylation sites (tertiary alicyclic amines) is 2. The number of aromatic amines is 1. The largest absolute Gasteiger partial charge is 0.465 e. The van der Waals surface area contributed by atoms with Crippen molar-refractivity contribution in [2.24, 2.45) is 0 Å². The molecule has 7 rings (SSSR count). The molecule has 2 aliphatic heterocycles. The minimum absolute atomic E-state index is 0.0442. The monoisotopic (exact) mass is 717 g/mol. The average molecular weight is 718 g/mol. The van der Waals surface area contributed by atoms with Crippen molar-refractivity contribution in [2.45, 2.75) is 69.7 Å². The number of imidazole rings is 1. The molecule has 5 aromatic rings. The third-order valence-electron chi connectivity index (χ3n) is 10.1. The number of H-pyrrole nitrogens is 1. The summed E-state index contributed by atoms with van der Waals surface area (Å²) in [7, 11) is 0. The van der Waals surface area contributed by atoms with Crippen molar-refractivity contribution in [3.63, 3.8) is 0 Å². The van der Waals surface area contributed by atoms with Crippen molar-refractivity contribution in [3.05, 3.63) is 126 Å². The molecule has 278 valence electrons. The minimum Gasteiger partial charge on any atom is -0.465 e. The van der Waals surface area contributed by atoms with Crippen LogP contribution in [0.15, 0.2) is 115 Å². The number of nitrogens with one attached hydrogen (secondary N) is 3. The lowest BCUT2D eigenvalue weighted by Gasteiger charge is -2.39. The summed E-state index contributed by atoms with van der Waals surface area (Å²) in [5.74, 6) is 0.759. The zero-order chi connectivity index (χ0) is 36.8. The van der Waals surface area contributed by atoms with Crippen LogP contribution in [0.2, 0.25) is 0 Å². The van der Waals surface area contributed by atoms with Crippen LogP contribution < -0.4 is 10.6 Å². The maximum absolute atomic E-state index is 11.9. The molecule has 3 heterocycles. The van der Waals surface area contributed by atoms with Crippen LogP contribution >= 0.6 is 0 Å². The SMILES string of the molecule is O=C(O)N1CCC(Nc2ccccc2)C[C@@H]1CCCN(Cc1ccccc1)Cc1ccccc1.O=C(O)N1CCC(Nc2nc3ccccc3[nH]2)CC1. The summed E-state index contributed by atoms with van der Waals surface area (Å²) in [5.41, 5.74) is 5.65. The van der Waals surface area contributed by atoms with Crippen LogP contribution in [0.4, 0.5) is 21.2 Å².